The van der Waals surface area contributed by atoms with E-state index in [0.29, 0.717) is 0 Å². The van der Waals surface area contributed by atoms with Gasteiger partial charge in [-0.25, -0.2) is 9.97 Å². The number of nitrogens with zero attached hydrogens (tertiary/aromatic N) is 2. The molecule has 1 heterocycles. The van der Waals surface area contributed by atoms with Crippen LogP contribution in [0, 0.1) is 13.8 Å². The quantitative estimate of drug-likeness (QED) is 0.857. The van der Waals surface area contributed by atoms with Gasteiger partial charge in [0.25, 0.3) is 0 Å². The highest BCUT2D eigenvalue weighted by atomic mass is 15.1. The van der Waals surface area contributed by atoms with E-state index in [1.54, 1.807) is 6.33 Å². The third-order valence-corrected chi connectivity index (χ3v) is 2.88. The number of hydrogen-bond acceptors (Lipinski definition) is 4. The average molecular weight is 256 g/mol. The van der Waals surface area contributed by atoms with Gasteiger partial charge in [0.15, 0.2) is 0 Å². The van der Waals surface area contributed by atoms with Crippen LogP contribution in [-0.4, -0.2) is 16.5 Å². The summed E-state index contributed by atoms with van der Waals surface area (Å²) in [6.45, 7) is 7.21. The van der Waals surface area contributed by atoms with E-state index in [0.717, 1.165) is 30.3 Å². The van der Waals surface area contributed by atoms with E-state index >= 15 is 0 Å². The lowest BCUT2D eigenvalue weighted by atomic mass is 10.1. The molecule has 0 aliphatic rings. The van der Waals surface area contributed by atoms with Crippen LogP contribution in [0.1, 0.15) is 24.5 Å². The summed E-state index contributed by atoms with van der Waals surface area (Å²) in [4.78, 5) is 8.45. The molecule has 1 aromatic heterocycles. The average Bonchev–Trinajstić information content (AvgIpc) is 2.41. The Morgan fingerprint density at radius 3 is 2.63 bits per heavy atom. The molecule has 0 amide bonds. The first kappa shape index (κ1) is 13.3. The fourth-order valence-corrected chi connectivity index (χ4v) is 1.78. The maximum Gasteiger partial charge on any atom is 0.135 e. The number of aryl methyl sites for hydroxylation is 2. The normalized spacial score (nSPS) is 10.3. The van der Waals surface area contributed by atoms with Gasteiger partial charge in [0.05, 0.1) is 0 Å². The summed E-state index contributed by atoms with van der Waals surface area (Å²) in [5.41, 5.74) is 3.51. The fourth-order valence-electron chi connectivity index (χ4n) is 1.78. The van der Waals surface area contributed by atoms with E-state index in [-0.39, 0.29) is 0 Å². The molecule has 0 atom stereocenters. The molecular formula is C15H20N4. The van der Waals surface area contributed by atoms with Crippen LogP contribution in [0.15, 0.2) is 30.6 Å². The van der Waals surface area contributed by atoms with E-state index in [1.165, 1.54) is 11.1 Å². The molecule has 1 aromatic carbocycles. The van der Waals surface area contributed by atoms with Crippen molar-refractivity contribution in [2.75, 3.05) is 17.2 Å². The summed E-state index contributed by atoms with van der Waals surface area (Å²) in [7, 11) is 0. The summed E-state index contributed by atoms with van der Waals surface area (Å²) in [5.74, 6) is 1.66. The van der Waals surface area contributed by atoms with Crippen molar-refractivity contribution in [2.24, 2.45) is 0 Å². The number of aromatic nitrogens is 2. The summed E-state index contributed by atoms with van der Waals surface area (Å²) >= 11 is 0. The number of rotatable bonds is 5. The Kier molecular flexibility index (Phi) is 4.34. The maximum atomic E-state index is 4.25. The molecule has 4 heteroatoms. The zero-order valence-electron chi connectivity index (χ0n) is 11.7. The second-order valence-corrected chi connectivity index (χ2v) is 4.66. The summed E-state index contributed by atoms with van der Waals surface area (Å²) in [5, 5.41) is 6.59. The molecule has 4 nitrogen and oxygen atoms in total. The van der Waals surface area contributed by atoms with Gasteiger partial charge in [-0.15, -0.1) is 0 Å². The van der Waals surface area contributed by atoms with Crippen LogP contribution in [0.3, 0.4) is 0 Å². The topological polar surface area (TPSA) is 49.8 Å². The van der Waals surface area contributed by atoms with Crippen LogP contribution in [-0.2, 0) is 0 Å². The number of benzene rings is 1. The molecule has 0 bridgehead atoms. The highest BCUT2D eigenvalue weighted by Crippen LogP contribution is 2.21. The monoisotopic (exact) mass is 256 g/mol. The van der Waals surface area contributed by atoms with Crippen molar-refractivity contribution in [2.45, 2.75) is 27.2 Å². The van der Waals surface area contributed by atoms with Gasteiger partial charge < -0.3 is 10.6 Å². The van der Waals surface area contributed by atoms with E-state index in [9.17, 15) is 0 Å². The van der Waals surface area contributed by atoms with Crippen molar-refractivity contribution in [3.05, 3.63) is 41.7 Å². The Bertz CT molecular complexity index is 552. The molecule has 100 valence electrons. The Morgan fingerprint density at radius 1 is 1.05 bits per heavy atom. The highest BCUT2D eigenvalue weighted by molar-refractivity contribution is 5.62. The van der Waals surface area contributed by atoms with E-state index in [1.807, 2.05) is 6.07 Å². The van der Waals surface area contributed by atoms with Gasteiger partial charge in [0.1, 0.15) is 18.0 Å². The second-order valence-electron chi connectivity index (χ2n) is 4.66. The molecule has 19 heavy (non-hydrogen) atoms. The smallest absolute Gasteiger partial charge is 0.135 e. The van der Waals surface area contributed by atoms with E-state index < -0.39 is 0 Å². The standard InChI is InChI=1S/C15H20N4/c1-4-7-16-14-9-15(18-10-17-14)19-13-8-11(2)5-6-12(13)3/h5-6,8-10H,4,7H2,1-3H3,(H2,16,17,18,19). The Morgan fingerprint density at radius 2 is 1.84 bits per heavy atom. The van der Waals surface area contributed by atoms with Crippen molar-refractivity contribution < 1.29 is 0 Å². The van der Waals surface area contributed by atoms with Crippen LogP contribution in [0.25, 0.3) is 0 Å². The highest BCUT2D eigenvalue weighted by Gasteiger charge is 2.02. The lowest BCUT2D eigenvalue weighted by Crippen LogP contribution is -2.03. The molecule has 2 aromatic rings. The zero-order chi connectivity index (χ0) is 13.7. The predicted molar refractivity (Wildman–Crippen MR) is 80.0 cm³/mol. The van der Waals surface area contributed by atoms with Gasteiger partial charge in [0.2, 0.25) is 0 Å². The number of nitrogens with one attached hydrogen (secondary N) is 2. The molecule has 2 rings (SSSR count). The number of hydrogen-bond donors (Lipinski definition) is 2. The molecule has 0 aliphatic heterocycles. The first-order chi connectivity index (χ1) is 9.19. The van der Waals surface area contributed by atoms with E-state index in [4.69, 9.17) is 0 Å². The van der Waals surface area contributed by atoms with Gasteiger partial charge in [-0.3, -0.25) is 0 Å². The molecule has 2 N–H and O–H groups in total. The van der Waals surface area contributed by atoms with Gasteiger partial charge in [-0.05, 0) is 37.5 Å². The van der Waals surface area contributed by atoms with Crippen LogP contribution in [0.4, 0.5) is 17.3 Å². The van der Waals surface area contributed by atoms with Crippen molar-refractivity contribution in [3.63, 3.8) is 0 Å². The lowest BCUT2D eigenvalue weighted by molar-refractivity contribution is 0.965. The molecule has 0 spiro atoms. The minimum absolute atomic E-state index is 0.808. The molecule has 0 radical (unpaired) electrons. The van der Waals surface area contributed by atoms with Gasteiger partial charge in [-0.2, -0.15) is 0 Å². The minimum atomic E-state index is 0.808. The van der Waals surface area contributed by atoms with Gasteiger partial charge in [0, 0.05) is 18.3 Å². The minimum Gasteiger partial charge on any atom is -0.370 e. The Hall–Kier alpha value is -2.10. The molecule has 0 unspecified atom stereocenters. The predicted octanol–water partition coefficient (Wildman–Crippen LogP) is 3.66. The molecular weight excluding hydrogens is 236 g/mol. The summed E-state index contributed by atoms with van der Waals surface area (Å²) < 4.78 is 0. The SMILES string of the molecule is CCCNc1cc(Nc2cc(C)ccc2C)ncn1. The zero-order valence-corrected chi connectivity index (χ0v) is 11.7. The van der Waals surface area contributed by atoms with Crippen LogP contribution in [0.5, 0.6) is 0 Å². The van der Waals surface area contributed by atoms with Crippen LogP contribution < -0.4 is 10.6 Å². The Labute approximate surface area is 114 Å². The third-order valence-electron chi connectivity index (χ3n) is 2.88. The number of anilines is 3. The maximum absolute atomic E-state index is 4.25. The van der Waals surface area contributed by atoms with Crippen LogP contribution >= 0.6 is 0 Å². The lowest BCUT2D eigenvalue weighted by Gasteiger charge is -2.11. The molecule has 0 fully saturated rings. The fraction of sp³-hybridized carbons (Fsp3) is 0.333. The third kappa shape index (κ3) is 3.68. The summed E-state index contributed by atoms with van der Waals surface area (Å²) in [6, 6.07) is 8.26. The van der Waals surface area contributed by atoms with Gasteiger partial charge in [-0.1, -0.05) is 19.1 Å². The Balaban J connectivity index is 2.16. The van der Waals surface area contributed by atoms with E-state index in [2.05, 4.69) is 59.6 Å². The van der Waals surface area contributed by atoms with Crippen molar-refractivity contribution in [1.82, 2.24) is 9.97 Å². The van der Waals surface area contributed by atoms with Crippen LogP contribution in [0.2, 0.25) is 0 Å². The second kappa shape index (κ2) is 6.18. The molecule has 0 saturated heterocycles. The largest absolute Gasteiger partial charge is 0.370 e. The first-order valence-electron chi connectivity index (χ1n) is 6.59. The molecule has 0 saturated carbocycles. The molecule has 0 aliphatic carbocycles. The summed E-state index contributed by atoms with van der Waals surface area (Å²) in [6.07, 6.45) is 2.65. The first-order valence-corrected chi connectivity index (χ1v) is 6.59. The van der Waals surface area contributed by atoms with Crippen molar-refractivity contribution >= 4 is 17.3 Å². The van der Waals surface area contributed by atoms with Crippen molar-refractivity contribution in [3.8, 4) is 0 Å². The van der Waals surface area contributed by atoms with Gasteiger partial charge >= 0.3 is 0 Å². The van der Waals surface area contributed by atoms with Crippen molar-refractivity contribution in [1.29, 1.82) is 0 Å².